The quantitative estimate of drug-likeness (QED) is 0.549. The van der Waals surface area contributed by atoms with Crippen LogP contribution in [0.4, 0.5) is 5.82 Å². The van der Waals surface area contributed by atoms with Crippen LogP contribution < -0.4 is 5.32 Å². The van der Waals surface area contributed by atoms with Crippen LogP contribution >= 0.6 is 11.6 Å². The zero-order valence-electron chi connectivity index (χ0n) is 18.3. The highest BCUT2D eigenvalue weighted by atomic mass is 35.5. The van der Waals surface area contributed by atoms with Gasteiger partial charge in [0.05, 0.1) is 11.4 Å². The van der Waals surface area contributed by atoms with Gasteiger partial charge in [-0.3, -0.25) is 4.90 Å². The van der Waals surface area contributed by atoms with Crippen LogP contribution in [0.3, 0.4) is 0 Å². The number of aryl methyl sites for hydroxylation is 1. The van der Waals surface area contributed by atoms with Crippen molar-refractivity contribution in [2.75, 3.05) is 25.0 Å². The number of likely N-dealkylation sites (tertiary alicyclic amines) is 1. The number of nitrogens with zero attached hydrogens (tertiary/aromatic N) is 3. The highest BCUT2D eigenvalue weighted by Crippen LogP contribution is 2.37. The molecule has 1 N–H and O–H groups in total. The number of piperidine rings is 1. The predicted molar refractivity (Wildman–Crippen MR) is 128 cm³/mol. The van der Waals surface area contributed by atoms with Crippen molar-refractivity contribution in [1.29, 1.82) is 0 Å². The van der Waals surface area contributed by atoms with Crippen molar-refractivity contribution in [3.05, 3.63) is 75.9 Å². The Bertz CT molecular complexity index is 1040. The summed E-state index contributed by atoms with van der Waals surface area (Å²) in [5, 5.41) is 9.69. The fourth-order valence-electron chi connectivity index (χ4n) is 5.09. The average molecular weight is 435 g/mol. The van der Waals surface area contributed by atoms with Gasteiger partial charge in [0.1, 0.15) is 5.82 Å². The van der Waals surface area contributed by atoms with Gasteiger partial charge in [-0.1, -0.05) is 41.9 Å². The Balaban J connectivity index is 1.40. The molecule has 3 aromatic rings. The summed E-state index contributed by atoms with van der Waals surface area (Å²) in [6.07, 6.45) is 5.91. The number of benzene rings is 2. The summed E-state index contributed by atoms with van der Waals surface area (Å²) in [4.78, 5) is 2.59. The molecule has 0 aliphatic carbocycles. The van der Waals surface area contributed by atoms with E-state index in [-0.39, 0.29) is 0 Å². The molecule has 162 valence electrons. The highest BCUT2D eigenvalue weighted by molar-refractivity contribution is 6.30. The maximum absolute atomic E-state index is 6.22. The van der Waals surface area contributed by atoms with E-state index < -0.39 is 0 Å². The minimum absolute atomic E-state index is 0.537. The summed E-state index contributed by atoms with van der Waals surface area (Å²) in [6, 6.07) is 16.9. The summed E-state index contributed by atoms with van der Waals surface area (Å²) in [5.41, 5.74) is 6.45. The van der Waals surface area contributed by atoms with E-state index in [1.165, 1.54) is 48.3 Å². The smallest absolute Gasteiger partial charge is 0.133 e. The van der Waals surface area contributed by atoms with Crippen LogP contribution in [-0.4, -0.2) is 34.3 Å². The molecule has 0 amide bonds. The Morgan fingerprint density at radius 1 is 1.06 bits per heavy atom. The maximum atomic E-state index is 6.22. The van der Waals surface area contributed by atoms with E-state index in [0.29, 0.717) is 5.92 Å². The van der Waals surface area contributed by atoms with Crippen LogP contribution in [-0.2, 0) is 13.0 Å². The number of aromatic nitrogens is 2. The van der Waals surface area contributed by atoms with E-state index >= 15 is 0 Å². The molecule has 1 fully saturated rings. The Kier molecular flexibility index (Phi) is 6.02. The van der Waals surface area contributed by atoms with Gasteiger partial charge in [-0.2, -0.15) is 5.10 Å². The summed E-state index contributed by atoms with van der Waals surface area (Å²) < 4.78 is 2.15. The number of anilines is 1. The molecule has 0 unspecified atom stereocenters. The Morgan fingerprint density at radius 3 is 2.65 bits per heavy atom. The Morgan fingerprint density at radius 2 is 1.87 bits per heavy atom. The topological polar surface area (TPSA) is 33.1 Å². The molecular weight excluding hydrogens is 404 g/mol. The normalized spacial score (nSPS) is 17.7. The molecule has 31 heavy (non-hydrogen) atoms. The van der Waals surface area contributed by atoms with Crippen LogP contribution in [0.2, 0.25) is 5.02 Å². The van der Waals surface area contributed by atoms with E-state index in [4.69, 9.17) is 16.7 Å². The second-order valence-corrected chi connectivity index (χ2v) is 9.41. The van der Waals surface area contributed by atoms with Gasteiger partial charge in [0.15, 0.2) is 0 Å². The largest absolute Gasteiger partial charge is 0.370 e. The Hall–Kier alpha value is -2.30. The lowest BCUT2D eigenvalue weighted by molar-refractivity contribution is 0.203. The first-order valence-corrected chi connectivity index (χ1v) is 12.0. The van der Waals surface area contributed by atoms with E-state index in [9.17, 15) is 0 Å². The molecule has 0 atom stereocenters. The van der Waals surface area contributed by atoms with Gasteiger partial charge in [-0.05, 0) is 81.4 Å². The van der Waals surface area contributed by atoms with Gasteiger partial charge >= 0.3 is 0 Å². The van der Waals surface area contributed by atoms with Crippen molar-refractivity contribution in [3.8, 4) is 5.69 Å². The molecule has 4 nitrogen and oxygen atoms in total. The van der Waals surface area contributed by atoms with Crippen molar-refractivity contribution in [2.24, 2.45) is 0 Å². The van der Waals surface area contributed by atoms with E-state index in [1.54, 1.807) is 0 Å². The van der Waals surface area contributed by atoms with Crippen molar-refractivity contribution < 1.29 is 0 Å². The molecule has 3 heterocycles. The molecule has 0 spiro atoms. The molecule has 2 aliphatic rings. The van der Waals surface area contributed by atoms with Crippen LogP contribution in [0, 0.1) is 6.92 Å². The Labute approximate surface area is 190 Å². The number of halogens is 1. The number of rotatable bonds is 4. The molecule has 0 bridgehead atoms. The van der Waals surface area contributed by atoms with Gasteiger partial charge in [-0.15, -0.1) is 0 Å². The first kappa shape index (κ1) is 20.6. The van der Waals surface area contributed by atoms with Crippen molar-refractivity contribution in [1.82, 2.24) is 14.7 Å². The molecule has 1 aromatic heterocycles. The number of hydrogen-bond acceptors (Lipinski definition) is 3. The van der Waals surface area contributed by atoms with E-state index in [1.807, 2.05) is 12.1 Å². The molecule has 5 heteroatoms. The minimum Gasteiger partial charge on any atom is -0.370 e. The lowest BCUT2D eigenvalue weighted by atomic mass is 9.90. The first-order chi connectivity index (χ1) is 15.2. The third-order valence-electron chi connectivity index (χ3n) is 6.77. The van der Waals surface area contributed by atoms with Crippen molar-refractivity contribution in [3.63, 3.8) is 0 Å². The standard InChI is InChI=1S/C26H31ClN4/c1-19-17-22(27)10-11-24(19)31-26-23(9-5-6-14-28-26)25(29-31)21-12-15-30(16-13-21)18-20-7-3-2-4-8-20/h2-4,7-8,10-11,17,21,28H,5-6,9,12-16,18H2,1H3. The molecule has 0 radical (unpaired) electrons. The van der Waals surface area contributed by atoms with E-state index in [0.717, 1.165) is 48.9 Å². The predicted octanol–water partition coefficient (Wildman–Crippen LogP) is 5.96. The highest BCUT2D eigenvalue weighted by Gasteiger charge is 2.29. The molecular formula is C26H31ClN4. The van der Waals surface area contributed by atoms with Crippen LogP contribution in [0.1, 0.15) is 54.0 Å². The van der Waals surface area contributed by atoms with Crippen LogP contribution in [0.5, 0.6) is 0 Å². The van der Waals surface area contributed by atoms with Gasteiger partial charge in [-0.25, -0.2) is 4.68 Å². The average Bonchev–Trinajstić information content (AvgIpc) is 2.96. The molecule has 2 aromatic carbocycles. The van der Waals surface area contributed by atoms with Gasteiger partial charge in [0, 0.05) is 29.6 Å². The third-order valence-corrected chi connectivity index (χ3v) is 7.01. The summed E-state index contributed by atoms with van der Waals surface area (Å²) >= 11 is 6.22. The third kappa shape index (κ3) is 4.37. The maximum Gasteiger partial charge on any atom is 0.133 e. The lowest BCUT2D eigenvalue weighted by Crippen LogP contribution is -2.32. The number of nitrogens with one attached hydrogen (secondary N) is 1. The van der Waals surface area contributed by atoms with Gasteiger partial charge < -0.3 is 5.32 Å². The monoisotopic (exact) mass is 434 g/mol. The fraction of sp³-hybridized carbons (Fsp3) is 0.423. The van der Waals surface area contributed by atoms with Crippen molar-refractivity contribution >= 4 is 17.4 Å². The molecule has 5 rings (SSSR count). The minimum atomic E-state index is 0.537. The zero-order chi connectivity index (χ0) is 21.2. The summed E-state index contributed by atoms with van der Waals surface area (Å²) in [5.74, 6) is 1.74. The van der Waals surface area contributed by atoms with Gasteiger partial charge in [0.2, 0.25) is 0 Å². The second kappa shape index (κ2) is 9.05. The van der Waals surface area contributed by atoms with E-state index in [2.05, 4.69) is 58.2 Å². The lowest BCUT2D eigenvalue weighted by Gasteiger charge is -2.31. The summed E-state index contributed by atoms with van der Waals surface area (Å²) in [7, 11) is 0. The van der Waals surface area contributed by atoms with Gasteiger partial charge in [0.25, 0.3) is 0 Å². The molecule has 0 saturated carbocycles. The van der Waals surface area contributed by atoms with Crippen molar-refractivity contribution in [2.45, 2.75) is 51.5 Å². The molecule has 2 aliphatic heterocycles. The zero-order valence-corrected chi connectivity index (χ0v) is 19.0. The number of fused-ring (bicyclic) bond motifs is 1. The summed E-state index contributed by atoms with van der Waals surface area (Å²) in [6.45, 7) is 6.45. The first-order valence-electron chi connectivity index (χ1n) is 11.6. The van der Waals surface area contributed by atoms with Crippen LogP contribution in [0.25, 0.3) is 5.69 Å². The SMILES string of the molecule is Cc1cc(Cl)ccc1-n1nc(C2CCN(Cc3ccccc3)CC2)c2c1NCCCC2. The second-order valence-electron chi connectivity index (χ2n) is 8.97. The van der Waals surface area contributed by atoms with Crippen LogP contribution in [0.15, 0.2) is 48.5 Å². The number of hydrogen-bond donors (Lipinski definition) is 1. The fourth-order valence-corrected chi connectivity index (χ4v) is 5.32. The molecule has 1 saturated heterocycles.